The first-order valence-corrected chi connectivity index (χ1v) is 6.63. The van der Waals surface area contributed by atoms with Crippen LogP contribution in [-0.2, 0) is 11.2 Å². The summed E-state index contributed by atoms with van der Waals surface area (Å²) < 4.78 is 11.0. The molecule has 0 aromatic heterocycles. The second-order valence-corrected chi connectivity index (χ2v) is 5.78. The summed E-state index contributed by atoms with van der Waals surface area (Å²) in [7, 11) is 0. The Kier molecular flexibility index (Phi) is 3.98. The summed E-state index contributed by atoms with van der Waals surface area (Å²) in [6, 6.07) is 5.85. The number of aryl methyl sites for hydroxylation is 1. The Labute approximate surface area is 114 Å². The molecule has 2 rings (SSSR count). The van der Waals surface area contributed by atoms with E-state index in [4.69, 9.17) is 9.47 Å². The average Bonchev–Trinajstić information content (AvgIpc) is 2.34. The van der Waals surface area contributed by atoms with E-state index in [-0.39, 0.29) is 11.4 Å². The predicted octanol–water partition coefficient (Wildman–Crippen LogP) is 2.31. The van der Waals surface area contributed by atoms with Crippen molar-refractivity contribution in [3.8, 4) is 11.5 Å². The summed E-state index contributed by atoms with van der Waals surface area (Å²) in [5.41, 5.74) is 0.914. The molecule has 0 atom stereocenters. The SMILES string of the molecule is CC(C)(C)NC(=O)CCc1ccc2c(c1)OCCO2. The molecule has 1 aromatic rings. The molecule has 4 heteroatoms. The van der Waals surface area contributed by atoms with Crippen LogP contribution in [0.4, 0.5) is 0 Å². The second-order valence-electron chi connectivity index (χ2n) is 5.78. The van der Waals surface area contributed by atoms with Crippen LogP contribution in [0, 0.1) is 0 Å². The Morgan fingerprint density at radius 2 is 1.89 bits per heavy atom. The van der Waals surface area contributed by atoms with Gasteiger partial charge in [0, 0.05) is 12.0 Å². The molecule has 0 fully saturated rings. The number of amides is 1. The van der Waals surface area contributed by atoms with Crippen LogP contribution < -0.4 is 14.8 Å². The number of hydrogen-bond donors (Lipinski definition) is 1. The van der Waals surface area contributed by atoms with Crippen LogP contribution in [0.15, 0.2) is 18.2 Å². The van der Waals surface area contributed by atoms with Crippen molar-refractivity contribution in [1.29, 1.82) is 0 Å². The largest absolute Gasteiger partial charge is 0.486 e. The molecule has 19 heavy (non-hydrogen) atoms. The predicted molar refractivity (Wildman–Crippen MR) is 73.6 cm³/mol. The molecule has 104 valence electrons. The van der Waals surface area contributed by atoms with Gasteiger partial charge in [-0.1, -0.05) is 6.07 Å². The Morgan fingerprint density at radius 1 is 1.21 bits per heavy atom. The monoisotopic (exact) mass is 263 g/mol. The highest BCUT2D eigenvalue weighted by Crippen LogP contribution is 2.31. The maximum absolute atomic E-state index is 11.8. The number of carbonyl (C=O) groups excluding carboxylic acids is 1. The summed E-state index contributed by atoms with van der Waals surface area (Å²) in [4.78, 5) is 11.8. The van der Waals surface area contributed by atoms with E-state index in [1.165, 1.54) is 0 Å². The molecule has 1 aromatic carbocycles. The Morgan fingerprint density at radius 3 is 2.58 bits per heavy atom. The van der Waals surface area contributed by atoms with Gasteiger partial charge >= 0.3 is 0 Å². The first-order valence-electron chi connectivity index (χ1n) is 6.63. The minimum Gasteiger partial charge on any atom is -0.486 e. The van der Waals surface area contributed by atoms with Gasteiger partial charge in [-0.25, -0.2) is 0 Å². The van der Waals surface area contributed by atoms with Gasteiger partial charge in [-0.15, -0.1) is 0 Å². The molecule has 0 bridgehead atoms. The number of benzene rings is 1. The number of rotatable bonds is 3. The zero-order chi connectivity index (χ0) is 13.9. The molecular formula is C15H21NO3. The van der Waals surface area contributed by atoms with Gasteiger partial charge in [-0.05, 0) is 44.9 Å². The summed E-state index contributed by atoms with van der Waals surface area (Å²) in [6.07, 6.45) is 1.19. The normalized spacial score (nSPS) is 14.1. The summed E-state index contributed by atoms with van der Waals surface area (Å²) in [5.74, 6) is 1.64. The highest BCUT2D eigenvalue weighted by atomic mass is 16.6. The molecule has 0 radical (unpaired) electrons. The van der Waals surface area contributed by atoms with Crippen LogP contribution in [0.3, 0.4) is 0 Å². The van der Waals surface area contributed by atoms with Crippen LogP contribution in [0.1, 0.15) is 32.8 Å². The van der Waals surface area contributed by atoms with Crippen LogP contribution in [0.25, 0.3) is 0 Å². The van der Waals surface area contributed by atoms with Crippen molar-refractivity contribution in [3.05, 3.63) is 23.8 Å². The Bertz CT molecular complexity index is 463. The number of ether oxygens (including phenoxy) is 2. The number of fused-ring (bicyclic) bond motifs is 1. The molecule has 0 saturated heterocycles. The Balaban J connectivity index is 1.91. The van der Waals surface area contributed by atoms with Crippen LogP contribution >= 0.6 is 0 Å². The van der Waals surface area contributed by atoms with Gasteiger partial charge in [0.15, 0.2) is 11.5 Å². The van der Waals surface area contributed by atoms with E-state index in [0.29, 0.717) is 26.1 Å². The maximum atomic E-state index is 11.8. The van der Waals surface area contributed by atoms with Crippen molar-refractivity contribution in [3.63, 3.8) is 0 Å². The molecule has 0 unspecified atom stereocenters. The van der Waals surface area contributed by atoms with E-state index in [9.17, 15) is 4.79 Å². The lowest BCUT2D eigenvalue weighted by Gasteiger charge is -2.21. The molecular weight excluding hydrogens is 242 g/mol. The van der Waals surface area contributed by atoms with Crippen molar-refractivity contribution in [1.82, 2.24) is 5.32 Å². The quantitative estimate of drug-likeness (QED) is 0.910. The zero-order valence-corrected chi connectivity index (χ0v) is 11.8. The first kappa shape index (κ1) is 13.7. The summed E-state index contributed by atoms with van der Waals surface area (Å²) >= 11 is 0. The lowest BCUT2D eigenvalue weighted by Crippen LogP contribution is -2.40. The van der Waals surface area contributed by atoms with Crippen LogP contribution in [-0.4, -0.2) is 24.7 Å². The highest BCUT2D eigenvalue weighted by molar-refractivity contribution is 5.76. The minimum absolute atomic E-state index is 0.0717. The molecule has 1 N–H and O–H groups in total. The van der Waals surface area contributed by atoms with Crippen molar-refractivity contribution >= 4 is 5.91 Å². The minimum atomic E-state index is -0.177. The van der Waals surface area contributed by atoms with E-state index < -0.39 is 0 Å². The lowest BCUT2D eigenvalue weighted by atomic mass is 10.1. The summed E-state index contributed by atoms with van der Waals surface area (Å²) in [6.45, 7) is 7.13. The third-order valence-electron chi connectivity index (χ3n) is 2.76. The lowest BCUT2D eigenvalue weighted by molar-refractivity contribution is -0.122. The van der Waals surface area contributed by atoms with Gasteiger partial charge in [-0.2, -0.15) is 0 Å². The van der Waals surface area contributed by atoms with E-state index in [1.54, 1.807) is 0 Å². The molecule has 1 aliphatic heterocycles. The standard InChI is InChI=1S/C15H21NO3/c1-15(2,3)16-14(17)7-5-11-4-6-12-13(10-11)19-9-8-18-12/h4,6,10H,5,7-9H2,1-3H3,(H,16,17). The molecule has 1 heterocycles. The smallest absolute Gasteiger partial charge is 0.220 e. The van der Waals surface area contributed by atoms with Gasteiger partial charge in [0.25, 0.3) is 0 Å². The fourth-order valence-electron chi connectivity index (χ4n) is 1.98. The first-order chi connectivity index (χ1) is 8.94. The summed E-state index contributed by atoms with van der Waals surface area (Å²) in [5, 5.41) is 2.96. The second kappa shape index (κ2) is 5.51. The van der Waals surface area contributed by atoms with Crippen LogP contribution in [0.5, 0.6) is 11.5 Å². The van der Waals surface area contributed by atoms with E-state index in [1.807, 2.05) is 39.0 Å². The van der Waals surface area contributed by atoms with Gasteiger partial charge in [-0.3, -0.25) is 4.79 Å². The fourth-order valence-corrected chi connectivity index (χ4v) is 1.98. The van der Waals surface area contributed by atoms with Gasteiger partial charge in [0.05, 0.1) is 0 Å². The molecule has 4 nitrogen and oxygen atoms in total. The van der Waals surface area contributed by atoms with Gasteiger partial charge in [0.1, 0.15) is 13.2 Å². The number of nitrogens with one attached hydrogen (secondary N) is 1. The molecule has 0 aliphatic carbocycles. The maximum Gasteiger partial charge on any atom is 0.220 e. The van der Waals surface area contributed by atoms with Gasteiger partial charge in [0.2, 0.25) is 5.91 Å². The highest BCUT2D eigenvalue weighted by Gasteiger charge is 2.15. The molecule has 1 amide bonds. The third-order valence-corrected chi connectivity index (χ3v) is 2.76. The topological polar surface area (TPSA) is 47.6 Å². The molecule has 1 aliphatic rings. The number of carbonyl (C=O) groups is 1. The van der Waals surface area contributed by atoms with Crippen molar-refractivity contribution in [2.45, 2.75) is 39.2 Å². The van der Waals surface area contributed by atoms with Crippen molar-refractivity contribution < 1.29 is 14.3 Å². The van der Waals surface area contributed by atoms with E-state index in [2.05, 4.69) is 5.32 Å². The average molecular weight is 263 g/mol. The van der Waals surface area contributed by atoms with Crippen LogP contribution in [0.2, 0.25) is 0 Å². The van der Waals surface area contributed by atoms with Crippen molar-refractivity contribution in [2.24, 2.45) is 0 Å². The van der Waals surface area contributed by atoms with Gasteiger partial charge < -0.3 is 14.8 Å². The van der Waals surface area contributed by atoms with Crippen molar-refractivity contribution in [2.75, 3.05) is 13.2 Å². The Hall–Kier alpha value is -1.71. The van der Waals surface area contributed by atoms with E-state index >= 15 is 0 Å². The fraction of sp³-hybridized carbons (Fsp3) is 0.533. The third kappa shape index (κ3) is 4.16. The molecule has 0 spiro atoms. The molecule has 0 saturated carbocycles. The zero-order valence-electron chi connectivity index (χ0n) is 11.8. The number of hydrogen-bond acceptors (Lipinski definition) is 3. The van der Waals surface area contributed by atoms with E-state index in [0.717, 1.165) is 17.1 Å².